The zero-order valence-corrected chi connectivity index (χ0v) is 21.5. The van der Waals surface area contributed by atoms with Gasteiger partial charge in [-0.25, -0.2) is 9.78 Å². The van der Waals surface area contributed by atoms with E-state index in [2.05, 4.69) is 4.98 Å². The molecule has 0 fully saturated rings. The van der Waals surface area contributed by atoms with Gasteiger partial charge in [0, 0.05) is 21.8 Å². The number of allylic oxidation sites excluding steroid dienone is 1. The standard InChI is InChI=1S/C26H23Cl3F3N2O/c1-16-10-17(5-8-23(26(30,31)32)19-11-20(27)13-21(28)12-19)4-7-22(16)25(35)34(2,3)15-18-6-9-24(29)33-14-18/h4-14,23H,15H2,1-3H3/q+1/b8-5+. The third-order valence-electron chi connectivity index (χ3n) is 5.47. The minimum absolute atomic E-state index is 0.0328. The van der Waals surface area contributed by atoms with Crippen molar-refractivity contribution >= 4 is 46.8 Å². The van der Waals surface area contributed by atoms with Crippen molar-refractivity contribution in [2.24, 2.45) is 0 Å². The van der Waals surface area contributed by atoms with Crippen LogP contribution in [-0.2, 0) is 6.54 Å². The molecule has 9 heteroatoms. The SMILES string of the molecule is Cc1cc(/C=C/C(c2cc(Cl)cc(Cl)c2)C(F)(F)F)ccc1C(=O)[N+](C)(C)Cc1ccc(Cl)nc1. The van der Waals surface area contributed by atoms with E-state index in [0.29, 0.717) is 28.4 Å². The van der Waals surface area contributed by atoms with Gasteiger partial charge in [0.05, 0.1) is 25.6 Å². The summed E-state index contributed by atoms with van der Waals surface area (Å²) in [7, 11) is 3.57. The molecular weight excluding hydrogens is 520 g/mol. The summed E-state index contributed by atoms with van der Waals surface area (Å²) in [6.07, 6.45) is -0.465. The van der Waals surface area contributed by atoms with Crippen LogP contribution in [0.15, 0.2) is 60.8 Å². The largest absolute Gasteiger partial charge is 0.399 e. The van der Waals surface area contributed by atoms with E-state index in [-0.39, 0.29) is 26.0 Å². The summed E-state index contributed by atoms with van der Waals surface area (Å²) in [4.78, 5) is 17.3. The lowest BCUT2D eigenvalue weighted by Crippen LogP contribution is -2.45. The fourth-order valence-corrected chi connectivity index (χ4v) is 4.41. The van der Waals surface area contributed by atoms with Crippen LogP contribution in [0.5, 0.6) is 0 Å². The Kier molecular flexibility index (Phi) is 8.32. The molecule has 0 saturated heterocycles. The van der Waals surface area contributed by atoms with Crippen LogP contribution < -0.4 is 0 Å². The van der Waals surface area contributed by atoms with Gasteiger partial charge >= 0.3 is 12.1 Å². The molecular formula is C26H23Cl3F3N2O+. The molecule has 0 saturated carbocycles. The highest BCUT2D eigenvalue weighted by Gasteiger charge is 2.39. The van der Waals surface area contributed by atoms with E-state index in [1.54, 1.807) is 51.5 Å². The van der Waals surface area contributed by atoms with Gasteiger partial charge in [-0.15, -0.1) is 0 Å². The van der Waals surface area contributed by atoms with Crippen molar-refractivity contribution in [2.75, 3.05) is 14.1 Å². The average Bonchev–Trinajstić information content (AvgIpc) is 2.73. The topological polar surface area (TPSA) is 30.0 Å². The first-order valence-corrected chi connectivity index (χ1v) is 11.7. The summed E-state index contributed by atoms with van der Waals surface area (Å²) in [6.45, 7) is 2.16. The number of rotatable bonds is 6. The zero-order valence-electron chi connectivity index (χ0n) is 19.2. The maximum atomic E-state index is 13.8. The lowest BCUT2D eigenvalue weighted by molar-refractivity contribution is -0.821. The molecule has 0 bridgehead atoms. The first kappa shape index (κ1) is 27.2. The smallest absolute Gasteiger partial charge is 0.257 e. The van der Waals surface area contributed by atoms with Crippen LogP contribution in [0.4, 0.5) is 13.2 Å². The van der Waals surface area contributed by atoms with Crippen LogP contribution in [0.25, 0.3) is 6.08 Å². The minimum Gasteiger partial charge on any atom is -0.257 e. The minimum atomic E-state index is -4.53. The fraction of sp³-hybridized carbons (Fsp3) is 0.231. The molecule has 35 heavy (non-hydrogen) atoms. The molecule has 1 atom stereocenters. The van der Waals surface area contributed by atoms with Crippen LogP contribution in [0.3, 0.4) is 0 Å². The number of alkyl halides is 3. The van der Waals surface area contributed by atoms with Gasteiger partial charge in [-0.05, 0) is 60.0 Å². The van der Waals surface area contributed by atoms with E-state index in [0.717, 1.165) is 11.6 Å². The van der Waals surface area contributed by atoms with Crippen molar-refractivity contribution in [3.8, 4) is 0 Å². The number of hydrogen-bond acceptors (Lipinski definition) is 2. The summed E-state index contributed by atoms with van der Waals surface area (Å²) in [6, 6.07) is 12.3. The Morgan fingerprint density at radius 3 is 2.23 bits per heavy atom. The number of carbonyl (C=O) groups is 1. The Balaban J connectivity index is 1.84. The summed E-state index contributed by atoms with van der Waals surface area (Å²) < 4.78 is 41.3. The number of amides is 1. The van der Waals surface area contributed by atoms with E-state index in [1.807, 2.05) is 6.07 Å². The Hall–Kier alpha value is -2.38. The molecule has 3 aromatic rings. The molecule has 0 aliphatic carbocycles. The van der Waals surface area contributed by atoms with E-state index in [4.69, 9.17) is 34.8 Å². The third kappa shape index (κ3) is 7.07. The van der Waals surface area contributed by atoms with Gasteiger partial charge in [0.1, 0.15) is 11.7 Å². The summed E-state index contributed by atoms with van der Waals surface area (Å²) in [5.74, 6) is -2.02. The van der Waals surface area contributed by atoms with Crippen LogP contribution in [-0.4, -0.2) is 35.6 Å². The highest BCUT2D eigenvalue weighted by Crippen LogP contribution is 2.38. The van der Waals surface area contributed by atoms with Gasteiger partial charge in [-0.1, -0.05) is 59.1 Å². The van der Waals surface area contributed by atoms with Gasteiger partial charge in [0.2, 0.25) is 0 Å². The number of quaternary nitrogens is 1. The normalized spacial score (nSPS) is 13.3. The number of aromatic nitrogens is 1. The number of hydrogen-bond donors (Lipinski definition) is 0. The molecule has 0 aliphatic heterocycles. The maximum absolute atomic E-state index is 13.8. The second-order valence-electron chi connectivity index (χ2n) is 8.79. The molecule has 1 aromatic heterocycles. The molecule has 3 nitrogen and oxygen atoms in total. The predicted molar refractivity (Wildman–Crippen MR) is 135 cm³/mol. The van der Waals surface area contributed by atoms with E-state index < -0.39 is 12.1 Å². The number of pyridine rings is 1. The number of carbonyl (C=O) groups excluding carboxylic acids is 1. The van der Waals surface area contributed by atoms with Crippen molar-refractivity contribution in [2.45, 2.75) is 25.6 Å². The molecule has 1 heterocycles. The summed E-state index contributed by atoms with van der Waals surface area (Å²) in [5.41, 5.74) is 2.48. The van der Waals surface area contributed by atoms with Crippen LogP contribution in [0.2, 0.25) is 15.2 Å². The summed E-state index contributed by atoms with van der Waals surface area (Å²) >= 11 is 17.6. The van der Waals surface area contributed by atoms with Gasteiger partial charge < -0.3 is 0 Å². The third-order valence-corrected chi connectivity index (χ3v) is 6.13. The maximum Gasteiger partial charge on any atom is 0.399 e. The molecule has 1 unspecified atom stereocenters. The average molecular weight is 543 g/mol. The highest BCUT2D eigenvalue weighted by molar-refractivity contribution is 6.34. The monoisotopic (exact) mass is 541 g/mol. The van der Waals surface area contributed by atoms with Crippen molar-refractivity contribution < 1.29 is 22.4 Å². The molecule has 3 rings (SSSR count). The van der Waals surface area contributed by atoms with Crippen molar-refractivity contribution in [1.82, 2.24) is 4.98 Å². The van der Waals surface area contributed by atoms with Gasteiger partial charge in [-0.2, -0.15) is 13.2 Å². The van der Waals surface area contributed by atoms with Crippen molar-refractivity contribution in [3.05, 3.63) is 104 Å². The first-order valence-electron chi connectivity index (χ1n) is 10.6. The Morgan fingerprint density at radius 2 is 1.69 bits per heavy atom. The number of halogens is 6. The van der Waals surface area contributed by atoms with Crippen LogP contribution in [0.1, 0.15) is 38.5 Å². The van der Waals surface area contributed by atoms with Gasteiger partial charge in [0.15, 0.2) is 0 Å². The number of benzene rings is 2. The molecule has 0 aliphatic rings. The second-order valence-corrected chi connectivity index (χ2v) is 10.1. The molecule has 184 valence electrons. The van der Waals surface area contributed by atoms with Crippen molar-refractivity contribution in [1.29, 1.82) is 0 Å². The van der Waals surface area contributed by atoms with E-state index in [9.17, 15) is 18.0 Å². The second kappa shape index (κ2) is 10.7. The number of nitrogens with zero attached hydrogens (tertiary/aromatic N) is 2. The molecule has 2 aromatic carbocycles. The lowest BCUT2D eigenvalue weighted by atomic mass is 9.96. The molecule has 0 N–H and O–H groups in total. The highest BCUT2D eigenvalue weighted by atomic mass is 35.5. The first-order chi connectivity index (χ1) is 16.3. The van der Waals surface area contributed by atoms with Crippen LogP contribution in [0, 0.1) is 6.92 Å². The quantitative estimate of drug-likeness (QED) is 0.232. The Bertz CT molecular complexity index is 1240. The number of aryl methyl sites for hydroxylation is 1. The lowest BCUT2D eigenvalue weighted by Gasteiger charge is -2.27. The summed E-state index contributed by atoms with van der Waals surface area (Å²) in [5, 5.41) is 0.629. The zero-order chi connectivity index (χ0) is 26.0. The van der Waals surface area contributed by atoms with Gasteiger partial charge in [-0.3, -0.25) is 4.48 Å². The van der Waals surface area contributed by atoms with E-state index in [1.165, 1.54) is 24.3 Å². The Labute approximate surface area is 217 Å². The van der Waals surface area contributed by atoms with Crippen LogP contribution >= 0.6 is 34.8 Å². The Morgan fingerprint density at radius 1 is 1.03 bits per heavy atom. The molecule has 0 radical (unpaired) electrons. The van der Waals surface area contributed by atoms with Crippen molar-refractivity contribution in [3.63, 3.8) is 0 Å². The predicted octanol–water partition coefficient (Wildman–Crippen LogP) is 8.13. The molecule has 0 spiro atoms. The fourth-order valence-electron chi connectivity index (χ4n) is 3.76. The molecule has 1 amide bonds. The van der Waals surface area contributed by atoms with Gasteiger partial charge in [0.25, 0.3) is 0 Å². The van der Waals surface area contributed by atoms with E-state index >= 15 is 0 Å².